The van der Waals surface area contributed by atoms with E-state index < -0.39 is 6.10 Å². The molecule has 0 N–H and O–H groups in total. The normalized spacial score (nSPS) is 12.4. The molecular weight excluding hydrogens is 865 g/mol. The zero-order valence-corrected chi connectivity index (χ0v) is 46.5. The van der Waals surface area contributed by atoms with E-state index in [0.717, 1.165) is 103 Å². The zero-order valence-electron chi connectivity index (χ0n) is 46.5. The van der Waals surface area contributed by atoms with Crippen LogP contribution in [-0.4, -0.2) is 37.2 Å². The fraction of sp³-hybridized carbons (Fsp3) is 0.797. The molecule has 1 unspecified atom stereocenters. The highest BCUT2D eigenvalue weighted by Crippen LogP contribution is 2.16. The number of esters is 3. The third-order valence-corrected chi connectivity index (χ3v) is 13.2. The second-order valence-corrected chi connectivity index (χ2v) is 20.3. The molecule has 0 spiro atoms. The third-order valence-electron chi connectivity index (χ3n) is 13.2. The standard InChI is InChI=1S/C64H114O6/c1-4-7-10-13-16-19-22-25-28-29-30-31-32-33-34-35-37-39-42-45-48-51-54-57-63(66)69-60-61(59-68-62(65)56-53-50-47-44-41-38-27-24-21-18-15-12-9-6-3)70-64(67)58-55-52-49-46-43-40-36-26-23-20-17-14-11-8-5-2/h17,20,22,25-26,29-30,32-33,36,61H,4-16,18-19,21,23-24,27-28,31,34-35,37-60H2,1-3H3/b20-17-,25-22-,30-29-,33-32-,36-26-. The molecule has 0 heterocycles. The highest BCUT2D eigenvalue weighted by molar-refractivity contribution is 5.71. The molecule has 0 aromatic heterocycles. The molecule has 70 heavy (non-hydrogen) atoms. The van der Waals surface area contributed by atoms with E-state index in [4.69, 9.17) is 14.2 Å². The summed E-state index contributed by atoms with van der Waals surface area (Å²) in [5.74, 6) is -0.887. The van der Waals surface area contributed by atoms with Crippen molar-refractivity contribution >= 4 is 17.9 Å². The van der Waals surface area contributed by atoms with Crippen molar-refractivity contribution in [3.05, 3.63) is 60.8 Å². The Morgan fingerprint density at radius 3 is 0.829 bits per heavy atom. The van der Waals surface area contributed by atoms with Gasteiger partial charge < -0.3 is 14.2 Å². The van der Waals surface area contributed by atoms with Gasteiger partial charge >= 0.3 is 17.9 Å². The van der Waals surface area contributed by atoms with Crippen LogP contribution < -0.4 is 0 Å². The third kappa shape index (κ3) is 56.0. The first kappa shape index (κ1) is 67.1. The van der Waals surface area contributed by atoms with Gasteiger partial charge in [-0.3, -0.25) is 14.4 Å². The summed E-state index contributed by atoms with van der Waals surface area (Å²) < 4.78 is 16.9. The minimum atomic E-state index is -0.783. The molecule has 1 atom stereocenters. The minimum Gasteiger partial charge on any atom is -0.462 e. The van der Waals surface area contributed by atoms with Gasteiger partial charge in [0.2, 0.25) is 0 Å². The number of hydrogen-bond acceptors (Lipinski definition) is 6. The van der Waals surface area contributed by atoms with E-state index in [0.29, 0.717) is 19.3 Å². The van der Waals surface area contributed by atoms with Crippen molar-refractivity contribution in [1.82, 2.24) is 0 Å². The Morgan fingerprint density at radius 1 is 0.286 bits per heavy atom. The molecule has 406 valence electrons. The van der Waals surface area contributed by atoms with Crippen LogP contribution in [0.3, 0.4) is 0 Å². The molecular formula is C64H114O6. The molecule has 0 fully saturated rings. The van der Waals surface area contributed by atoms with Crippen LogP contribution >= 0.6 is 0 Å². The number of rotatable bonds is 55. The van der Waals surface area contributed by atoms with Gasteiger partial charge in [-0.05, 0) is 89.9 Å². The molecule has 0 aromatic rings. The summed E-state index contributed by atoms with van der Waals surface area (Å²) in [5.41, 5.74) is 0. The van der Waals surface area contributed by atoms with Gasteiger partial charge in [0.05, 0.1) is 0 Å². The fourth-order valence-electron chi connectivity index (χ4n) is 8.66. The van der Waals surface area contributed by atoms with Crippen molar-refractivity contribution in [1.29, 1.82) is 0 Å². The smallest absolute Gasteiger partial charge is 0.306 e. The summed E-state index contributed by atoms with van der Waals surface area (Å²) >= 11 is 0. The van der Waals surface area contributed by atoms with Crippen molar-refractivity contribution in [2.75, 3.05) is 13.2 Å². The maximum Gasteiger partial charge on any atom is 0.306 e. The van der Waals surface area contributed by atoms with Crippen LogP contribution in [0.4, 0.5) is 0 Å². The largest absolute Gasteiger partial charge is 0.462 e. The van der Waals surface area contributed by atoms with Gasteiger partial charge in [-0.25, -0.2) is 0 Å². The van der Waals surface area contributed by atoms with Crippen LogP contribution in [0.15, 0.2) is 60.8 Å². The Labute approximate surface area is 434 Å². The van der Waals surface area contributed by atoms with Gasteiger partial charge in [-0.15, -0.1) is 0 Å². The van der Waals surface area contributed by atoms with Gasteiger partial charge in [-0.1, -0.05) is 261 Å². The summed E-state index contributed by atoms with van der Waals surface area (Å²) in [6.45, 7) is 6.62. The average molecular weight is 980 g/mol. The SMILES string of the molecule is CCCCC/C=C\C/C=C\CCCCCCCC(=O)OC(COC(=O)CCCCCCCCCC/C=C\C/C=C\C/C=C\CCCCCCC)COC(=O)CCCCCCCCCCCCCCCC. The summed E-state index contributed by atoms with van der Waals surface area (Å²) in [6, 6.07) is 0. The van der Waals surface area contributed by atoms with Crippen LogP contribution in [0.25, 0.3) is 0 Å². The lowest BCUT2D eigenvalue weighted by atomic mass is 10.0. The molecule has 0 rings (SSSR count). The van der Waals surface area contributed by atoms with Crippen LogP contribution in [0.5, 0.6) is 0 Å². The van der Waals surface area contributed by atoms with Crippen LogP contribution in [0.1, 0.15) is 310 Å². The number of carbonyl (C=O) groups is 3. The molecule has 0 saturated heterocycles. The van der Waals surface area contributed by atoms with Crippen molar-refractivity contribution in [3.8, 4) is 0 Å². The van der Waals surface area contributed by atoms with Crippen LogP contribution in [0.2, 0.25) is 0 Å². The highest BCUT2D eigenvalue weighted by Gasteiger charge is 2.19. The van der Waals surface area contributed by atoms with Crippen molar-refractivity contribution in [3.63, 3.8) is 0 Å². The van der Waals surface area contributed by atoms with E-state index in [-0.39, 0.29) is 31.1 Å². The van der Waals surface area contributed by atoms with E-state index in [1.54, 1.807) is 0 Å². The summed E-state index contributed by atoms with van der Waals surface area (Å²) in [4.78, 5) is 38.2. The number of unbranched alkanes of at least 4 members (excludes halogenated alkanes) is 34. The highest BCUT2D eigenvalue weighted by atomic mass is 16.6. The van der Waals surface area contributed by atoms with E-state index in [1.165, 1.54) is 167 Å². The quantitative estimate of drug-likeness (QED) is 0.0261. The van der Waals surface area contributed by atoms with Gasteiger partial charge in [0.15, 0.2) is 6.10 Å². The first-order chi connectivity index (χ1) is 34.5. The lowest BCUT2D eigenvalue weighted by Gasteiger charge is -2.18. The fourth-order valence-corrected chi connectivity index (χ4v) is 8.66. The predicted octanol–water partition coefficient (Wildman–Crippen LogP) is 20.4. The van der Waals surface area contributed by atoms with E-state index in [1.807, 2.05) is 0 Å². The number of hydrogen-bond donors (Lipinski definition) is 0. The van der Waals surface area contributed by atoms with Crippen molar-refractivity contribution in [2.45, 2.75) is 316 Å². The maximum absolute atomic E-state index is 12.9. The number of carbonyl (C=O) groups excluding carboxylic acids is 3. The molecule has 0 aliphatic heterocycles. The molecule has 0 aliphatic carbocycles. The molecule has 0 aliphatic rings. The molecule has 0 aromatic carbocycles. The second kappa shape index (κ2) is 58.7. The number of ether oxygens (including phenoxy) is 3. The summed E-state index contributed by atoms with van der Waals surface area (Å²) in [5, 5.41) is 0. The molecule has 0 amide bonds. The Kier molecular flexibility index (Phi) is 56.3. The molecule has 0 saturated carbocycles. The van der Waals surface area contributed by atoms with Crippen LogP contribution in [-0.2, 0) is 28.6 Å². The zero-order chi connectivity index (χ0) is 50.7. The number of allylic oxidation sites excluding steroid dienone is 10. The Balaban J connectivity index is 4.34. The molecule has 0 radical (unpaired) electrons. The second-order valence-electron chi connectivity index (χ2n) is 20.3. The monoisotopic (exact) mass is 979 g/mol. The van der Waals surface area contributed by atoms with E-state index in [9.17, 15) is 14.4 Å². The predicted molar refractivity (Wildman–Crippen MR) is 302 cm³/mol. The first-order valence-corrected chi connectivity index (χ1v) is 30.3. The van der Waals surface area contributed by atoms with Gasteiger partial charge in [0, 0.05) is 19.3 Å². The van der Waals surface area contributed by atoms with Gasteiger partial charge in [0.1, 0.15) is 13.2 Å². The summed E-state index contributed by atoms with van der Waals surface area (Å²) in [6.07, 6.45) is 73.5. The van der Waals surface area contributed by atoms with E-state index >= 15 is 0 Å². The average Bonchev–Trinajstić information content (AvgIpc) is 3.36. The molecule has 6 nitrogen and oxygen atoms in total. The maximum atomic E-state index is 12.9. The van der Waals surface area contributed by atoms with Crippen molar-refractivity contribution in [2.24, 2.45) is 0 Å². The van der Waals surface area contributed by atoms with Crippen LogP contribution in [0, 0.1) is 0 Å². The van der Waals surface area contributed by atoms with Crippen molar-refractivity contribution < 1.29 is 28.6 Å². The summed E-state index contributed by atoms with van der Waals surface area (Å²) in [7, 11) is 0. The lowest BCUT2D eigenvalue weighted by Crippen LogP contribution is -2.30. The topological polar surface area (TPSA) is 78.9 Å². The Hall–Kier alpha value is -2.89. The first-order valence-electron chi connectivity index (χ1n) is 30.3. The minimum absolute atomic E-state index is 0.0797. The van der Waals surface area contributed by atoms with Gasteiger partial charge in [0.25, 0.3) is 0 Å². The van der Waals surface area contributed by atoms with Gasteiger partial charge in [-0.2, -0.15) is 0 Å². The Morgan fingerprint density at radius 2 is 0.514 bits per heavy atom. The molecule has 6 heteroatoms. The molecule has 0 bridgehead atoms. The Bertz CT molecular complexity index is 1260. The lowest BCUT2D eigenvalue weighted by molar-refractivity contribution is -0.167. The van der Waals surface area contributed by atoms with E-state index in [2.05, 4.69) is 81.5 Å².